The lowest BCUT2D eigenvalue weighted by Crippen LogP contribution is -2.30. The predicted molar refractivity (Wildman–Crippen MR) is 177 cm³/mol. The molecule has 1 aliphatic rings. The van der Waals surface area contributed by atoms with Crippen molar-refractivity contribution in [2.45, 2.75) is 46.7 Å². The fraction of sp³-hybridized carbons (Fsp3) is 0.303. The summed E-state index contributed by atoms with van der Waals surface area (Å²) in [6.45, 7) is 9.53. The number of aryl methyl sites for hydroxylation is 1. The molecule has 0 radical (unpaired) electrons. The topological polar surface area (TPSA) is 124 Å². The summed E-state index contributed by atoms with van der Waals surface area (Å²) in [5, 5.41) is 18.4. The van der Waals surface area contributed by atoms with Gasteiger partial charge in [-0.25, -0.2) is 0 Å². The van der Waals surface area contributed by atoms with Gasteiger partial charge in [-0.15, -0.1) is 0 Å². The van der Waals surface area contributed by atoms with E-state index in [1.54, 1.807) is 19.4 Å². The number of hydrogen-bond donors (Lipinski definition) is 2. The second-order valence-corrected chi connectivity index (χ2v) is 12.2. The van der Waals surface area contributed by atoms with Crippen LogP contribution in [0.15, 0.2) is 66.9 Å². The molecule has 4 aromatic rings. The maximum atomic E-state index is 12.8. The Morgan fingerprint density at radius 1 is 1.04 bits per heavy atom. The number of nitrogens with zero attached hydrogens (tertiary/aromatic N) is 4. The van der Waals surface area contributed by atoms with Gasteiger partial charge in [-0.1, -0.05) is 26.8 Å². The molecule has 2 N–H and O–H groups in total. The van der Waals surface area contributed by atoms with Crippen LogP contribution in [-0.4, -0.2) is 39.7 Å². The van der Waals surface area contributed by atoms with Crippen molar-refractivity contribution in [1.82, 2.24) is 14.9 Å². The van der Waals surface area contributed by atoms with Crippen LogP contribution in [0.5, 0.6) is 11.5 Å². The number of benzene rings is 2. The molecule has 0 bridgehead atoms. The minimum Gasteiger partial charge on any atom is -0.494 e. The van der Waals surface area contributed by atoms with E-state index in [1.807, 2.05) is 80.5 Å². The van der Waals surface area contributed by atoms with Gasteiger partial charge in [-0.2, -0.15) is 0 Å². The van der Waals surface area contributed by atoms with Gasteiger partial charge in [0, 0.05) is 40.8 Å². The first-order valence-corrected chi connectivity index (χ1v) is 14.8. The number of pyridine rings is 1. The number of non-ortho nitro benzene ring substituents is 1. The highest BCUT2D eigenvalue weighted by Gasteiger charge is 2.42. The zero-order valence-corrected chi connectivity index (χ0v) is 27.1. The Labute approximate surface area is 267 Å². The van der Waals surface area contributed by atoms with Crippen LogP contribution in [0.4, 0.5) is 17.1 Å². The Bertz CT molecular complexity index is 1780. The van der Waals surface area contributed by atoms with Crippen LogP contribution >= 0.6 is 12.2 Å². The number of carbonyl (C=O) groups excluding carboxylic acids is 1. The monoisotopic (exact) mass is 628 g/mol. The first kappa shape index (κ1) is 31.5. The molecule has 234 valence electrons. The molecule has 1 amide bonds. The van der Waals surface area contributed by atoms with Crippen LogP contribution in [0.1, 0.15) is 55.5 Å². The number of nitrogens with one attached hydrogen (secondary N) is 2. The Balaban J connectivity index is 1.65. The fourth-order valence-electron chi connectivity index (χ4n) is 5.61. The number of anilines is 2. The minimum atomic E-state index is -0.583. The Morgan fingerprint density at radius 2 is 1.78 bits per heavy atom. The number of aromatic nitrogens is 2. The van der Waals surface area contributed by atoms with Crippen LogP contribution in [0, 0.1) is 29.4 Å². The van der Waals surface area contributed by atoms with Gasteiger partial charge in [0.15, 0.2) is 5.11 Å². The van der Waals surface area contributed by atoms with E-state index in [0.717, 1.165) is 28.3 Å². The van der Waals surface area contributed by atoms with Gasteiger partial charge in [0.1, 0.15) is 11.5 Å². The lowest BCUT2D eigenvalue weighted by atomic mass is 9.95. The van der Waals surface area contributed by atoms with E-state index >= 15 is 0 Å². The molecular formula is C33H36N6O5S. The second kappa shape index (κ2) is 12.2. The zero-order chi connectivity index (χ0) is 32.6. The van der Waals surface area contributed by atoms with Crippen molar-refractivity contribution in [1.29, 1.82) is 0 Å². The summed E-state index contributed by atoms with van der Waals surface area (Å²) < 4.78 is 13.3. The molecule has 0 aliphatic carbocycles. The number of rotatable bonds is 8. The average Bonchev–Trinajstić information content (AvgIpc) is 3.51. The summed E-state index contributed by atoms with van der Waals surface area (Å²) >= 11 is 5.95. The highest BCUT2D eigenvalue weighted by Crippen LogP contribution is 2.45. The largest absolute Gasteiger partial charge is 0.494 e. The lowest BCUT2D eigenvalue weighted by Gasteiger charge is -2.29. The first-order chi connectivity index (χ1) is 21.3. The average molecular weight is 629 g/mol. The summed E-state index contributed by atoms with van der Waals surface area (Å²) in [6, 6.07) is 17.4. The second-order valence-electron chi connectivity index (χ2n) is 11.9. The van der Waals surface area contributed by atoms with Crippen LogP contribution in [-0.2, 0) is 4.79 Å². The summed E-state index contributed by atoms with van der Waals surface area (Å²) in [4.78, 5) is 30.5. The molecule has 3 heterocycles. The minimum absolute atomic E-state index is 0.0545. The zero-order valence-electron chi connectivity index (χ0n) is 26.2. The molecule has 2 aromatic heterocycles. The fourth-order valence-corrected chi connectivity index (χ4v) is 5.96. The van der Waals surface area contributed by atoms with E-state index < -0.39 is 10.3 Å². The van der Waals surface area contributed by atoms with Crippen LogP contribution < -0.4 is 25.0 Å². The van der Waals surface area contributed by atoms with Crippen LogP contribution in [0.25, 0.3) is 5.69 Å². The molecule has 5 rings (SSSR count). The molecule has 1 saturated heterocycles. The smallest absolute Gasteiger partial charge is 0.273 e. The molecule has 0 unspecified atom stereocenters. The molecule has 1 aliphatic heterocycles. The van der Waals surface area contributed by atoms with E-state index in [4.69, 9.17) is 21.7 Å². The van der Waals surface area contributed by atoms with Gasteiger partial charge in [-0.05, 0) is 68.0 Å². The van der Waals surface area contributed by atoms with Crippen molar-refractivity contribution in [2.75, 3.05) is 24.4 Å². The summed E-state index contributed by atoms with van der Waals surface area (Å²) in [5.41, 5.74) is 4.96. The molecule has 11 nitrogen and oxygen atoms in total. The highest BCUT2D eigenvalue weighted by molar-refractivity contribution is 7.80. The number of ether oxygens (including phenoxy) is 2. The van der Waals surface area contributed by atoms with E-state index in [0.29, 0.717) is 28.0 Å². The molecule has 12 heteroatoms. The SMILES string of the molecule is COc1cc(N2C(=S)N[C@@H](c3ccccn3)[C@H]2c2cc(C)n(-c3ccc([N+](=O)[O-])cc3OC)c2C)ccc1NC(=O)C(C)(C)C. The van der Waals surface area contributed by atoms with Gasteiger partial charge in [0.05, 0.1) is 54.4 Å². The Hall–Kier alpha value is -4.97. The number of carbonyl (C=O) groups is 1. The number of amides is 1. The maximum Gasteiger partial charge on any atom is 0.273 e. The third-order valence-corrected chi connectivity index (χ3v) is 8.21. The number of methoxy groups -OCH3 is 2. The van der Waals surface area contributed by atoms with E-state index in [-0.39, 0.29) is 23.7 Å². The van der Waals surface area contributed by atoms with Crippen LogP contribution in [0.2, 0.25) is 0 Å². The van der Waals surface area contributed by atoms with Gasteiger partial charge in [0.2, 0.25) is 5.91 Å². The molecule has 0 saturated carbocycles. The normalized spacial score (nSPS) is 16.3. The third kappa shape index (κ3) is 5.93. The van der Waals surface area contributed by atoms with Crippen LogP contribution in [0.3, 0.4) is 0 Å². The van der Waals surface area contributed by atoms with Crippen molar-refractivity contribution in [2.24, 2.45) is 5.41 Å². The quantitative estimate of drug-likeness (QED) is 0.127. The third-order valence-electron chi connectivity index (χ3n) is 7.89. The molecular weight excluding hydrogens is 592 g/mol. The highest BCUT2D eigenvalue weighted by atomic mass is 32.1. The molecule has 45 heavy (non-hydrogen) atoms. The van der Waals surface area contributed by atoms with Gasteiger partial charge < -0.3 is 29.6 Å². The number of nitro benzene ring substituents is 1. The van der Waals surface area contributed by atoms with Crippen molar-refractivity contribution < 1.29 is 19.2 Å². The van der Waals surface area contributed by atoms with Crippen molar-refractivity contribution in [3.63, 3.8) is 0 Å². The molecule has 2 aromatic carbocycles. The Kier molecular flexibility index (Phi) is 8.53. The summed E-state index contributed by atoms with van der Waals surface area (Å²) in [7, 11) is 3.06. The van der Waals surface area contributed by atoms with E-state index in [2.05, 4.69) is 21.7 Å². The molecule has 0 spiro atoms. The number of hydrogen-bond acceptors (Lipinski definition) is 7. The van der Waals surface area contributed by atoms with Crippen molar-refractivity contribution in [3.05, 3.63) is 99.6 Å². The number of thiocarbonyl (C=S) groups is 1. The molecule has 2 atom stereocenters. The van der Waals surface area contributed by atoms with Crippen molar-refractivity contribution >= 4 is 40.3 Å². The van der Waals surface area contributed by atoms with Crippen molar-refractivity contribution in [3.8, 4) is 17.2 Å². The van der Waals surface area contributed by atoms with Gasteiger partial charge in [0.25, 0.3) is 5.69 Å². The maximum absolute atomic E-state index is 12.8. The molecule has 1 fully saturated rings. The number of nitro groups is 1. The van der Waals surface area contributed by atoms with E-state index in [1.165, 1.54) is 19.2 Å². The van der Waals surface area contributed by atoms with E-state index in [9.17, 15) is 14.9 Å². The van der Waals surface area contributed by atoms with Gasteiger partial charge >= 0.3 is 0 Å². The first-order valence-electron chi connectivity index (χ1n) is 14.4. The standard InChI is InChI=1S/C33H36N6O5S/c1-19-16-23(20(2)37(19)26-14-12-22(39(41)42)18-28(26)44-7)30-29(25-10-8-9-15-34-25)36-32(45)38(30)21-11-13-24(27(17-21)43-6)35-31(40)33(3,4)5/h8-18,29-30H,1-7H3,(H,35,40)(H,36,45)/t29-,30+/m0/s1. The summed E-state index contributed by atoms with van der Waals surface area (Å²) in [5.74, 6) is 0.747. The predicted octanol–water partition coefficient (Wildman–Crippen LogP) is 6.58. The summed E-state index contributed by atoms with van der Waals surface area (Å²) in [6.07, 6.45) is 1.75. The lowest BCUT2D eigenvalue weighted by molar-refractivity contribution is -0.384. The Morgan fingerprint density at radius 3 is 2.40 bits per heavy atom. The van der Waals surface area contributed by atoms with Gasteiger partial charge in [-0.3, -0.25) is 19.9 Å².